The third-order valence-corrected chi connectivity index (χ3v) is 5.03. The molecule has 25 heavy (non-hydrogen) atoms. The van der Waals surface area contributed by atoms with Crippen LogP contribution in [-0.2, 0) is 0 Å². The number of benzene rings is 1. The van der Waals surface area contributed by atoms with Crippen molar-refractivity contribution in [2.75, 3.05) is 51.6 Å². The standard InChI is InChI=1S/C16H21BrN6O2/c1-21-5-7-22(8-6-21)4-2-3-18-16-13-9-12(23(24)25)10-14(17)15(13)19-11-20-16/h9-11H,2-8H2,1H3,(H,18,19,20). The second kappa shape index (κ2) is 8.03. The number of nitrogens with one attached hydrogen (secondary N) is 1. The topological polar surface area (TPSA) is 87.4 Å². The van der Waals surface area contributed by atoms with Gasteiger partial charge in [-0.1, -0.05) is 0 Å². The number of piperazine rings is 1. The molecule has 1 aromatic heterocycles. The summed E-state index contributed by atoms with van der Waals surface area (Å²) in [5.74, 6) is 0.632. The Labute approximate surface area is 154 Å². The number of anilines is 1. The second-order valence-electron chi connectivity index (χ2n) is 6.23. The molecule has 8 nitrogen and oxygen atoms in total. The Hall–Kier alpha value is -1.84. The first-order chi connectivity index (χ1) is 12.0. The number of nitro benzene ring substituents is 1. The minimum absolute atomic E-state index is 0.0228. The molecule has 3 rings (SSSR count). The van der Waals surface area contributed by atoms with Gasteiger partial charge in [-0.15, -0.1) is 0 Å². The van der Waals surface area contributed by atoms with Crippen molar-refractivity contribution in [3.8, 4) is 0 Å². The predicted molar refractivity (Wildman–Crippen MR) is 101 cm³/mol. The summed E-state index contributed by atoms with van der Waals surface area (Å²) >= 11 is 3.36. The number of hydrogen-bond acceptors (Lipinski definition) is 7. The van der Waals surface area contributed by atoms with E-state index in [1.165, 1.54) is 18.5 Å². The molecule has 0 aliphatic carbocycles. The minimum Gasteiger partial charge on any atom is -0.369 e. The van der Waals surface area contributed by atoms with Crippen molar-refractivity contribution in [2.24, 2.45) is 0 Å². The highest BCUT2D eigenvalue weighted by atomic mass is 79.9. The lowest BCUT2D eigenvalue weighted by Crippen LogP contribution is -2.44. The zero-order chi connectivity index (χ0) is 17.8. The van der Waals surface area contributed by atoms with Crippen molar-refractivity contribution < 1.29 is 4.92 Å². The normalized spacial score (nSPS) is 16.2. The van der Waals surface area contributed by atoms with E-state index in [-0.39, 0.29) is 5.69 Å². The summed E-state index contributed by atoms with van der Waals surface area (Å²) in [7, 11) is 2.15. The Morgan fingerprint density at radius 2 is 2.04 bits per heavy atom. The smallest absolute Gasteiger partial charge is 0.271 e. The molecule has 0 bridgehead atoms. The Bertz CT molecular complexity index is 764. The van der Waals surface area contributed by atoms with Crippen LogP contribution in [0.5, 0.6) is 0 Å². The molecule has 2 aromatic rings. The fourth-order valence-electron chi connectivity index (χ4n) is 2.94. The first kappa shape index (κ1) is 18.0. The SMILES string of the molecule is CN1CCN(CCCNc2ncnc3c(Br)cc([N+](=O)[O-])cc23)CC1. The van der Waals surface area contributed by atoms with Gasteiger partial charge in [-0.3, -0.25) is 10.1 Å². The van der Waals surface area contributed by atoms with Gasteiger partial charge < -0.3 is 15.1 Å². The van der Waals surface area contributed by atoms with E-state index in [0.717, 1.165) is 45.7 Å². The van der Waals surface area contributed by atoms with Crippen LogP contribution in [0.3, 0.4) is 0 Å². The van der Waals surface area contributed by atoms with Crippen molar-refractivity contribution in [3.63, 3.8) is 0 Å². The molecule has 0 spiro atoms. The van der Waals surface area contributed by atoms with E-state index in [0.29, 0.717) is 21.2 Å². The van der Waals surface area contributed by atoms with E-state index >= 15 is 0 Å². The molecule has 2 heterocycles. The zero-order valence-corrected chi connectivity index (χ0v) is 15.7. The van der Waals surface area contributed by atoms with E-state index in [1.54, 1.807) is 0 Å². The Balaban J connectivity index is 1.64. The summed E-state index contributed by atoms with van der Waals surface area (Å²) in [6, 6.07) is 2.98. The number of non-ortho nitro benzene ring substituents is 1. The first-order valence-corrected chi connectivity index (χ1v) is 9.07. The minimum atomic E-state index is -0.408. The molecular formula is C16H21BrN6O2. The van der Waals surface area contributed by atoms with Crippen molar-refractivity contribution in [1.82, 2.24) is 19.8 Å². The molecule has 0 amide bonds. The Morgan fingerprint density at radius 1 is 1.28 bits per heavy atom. The number of likely N-dealkylation sites (N-methyl/N-ethyl adjacent to an activating group) is 1. The molecule has 1 aromatic carbocycles. The fourth-order valence-corrected chi connectivity index (χ4v) is 3.49. The third-order valence-electron chi connectivity index (χ3n) is 4.43. The number of nitrogens with zero attached hydrogens (tertiary/aromatic N) is 5. The highest BCUT2D eigenvalue weighted by Gasteiger charge is 2.15. The summed E-state index contributed by atoms with van der Waals surface area (Å²) in [5, 5.41) is 15.0. The molecule has 0 radical (unpaired) electrons. The number of rotatable bonds is 6. The van der Waals surface area contributed by atoms with Crippen LogP contribution in [0.15, 0.2) is 22.9 Å². The van der Waals surface area contributed by atoms with Crippen LogP contribution in [0.25, 0.3) is 10.9 Å². The largest absolute Gasteiger partial charge is 0.369 e. The van der Waals surface area contributed by atoms with E-state index in [9.17, 15) is 10.1 Å². The lowest BCUT2D eigenvalue weighted by Gasteiger charge is -2.32. The van der Waals surface area contributed by atoms with E-state index < -0.39 is 4.92 Å². The average molecular weight is 409 g/mol. The molecular weight excluding hydrogens is 388 g/mol. The lowest BCUT2D eigenvalue weighted by molar-refractivity contribution is -0.384. The molecule has 134 valence electrons. The highest BCUT2D eigenvalue weighted by Crippen LogP contribution is 2.31. The summed E-state index contributed by atoms with van der Waals surface area (Å²) in [6.07, 6.45) is 2.47. The summed E-state index contributed by atoms with van der Waals surface area (Å²) in [5.41, 5.74) is 0.692. The van der Waals surface area contributed by atoms with Crippen LogP contribution in [0.4, 0.5) is 11.5 Å². The third kappa shape index (κ3) is 4.42. The molecule has 9 heteroatoms. The van der Waals surface area contributed by atoms with Gasteiger partial charge in [0.2, 0.25) is 0 Å². The molecule has 0 unspecified atom stereocenters. The zero-order valence-electron chi connectivity index (χ0n) is 14.1. The maximum Gasteiger partial charge on any atom is 0.271 e. The summed E-state index contributed by atoms with van der Waals surface area (Å²) in [4.78, 5) is 23.9. The van der Waals surface area contributed by atoms with Crippen LogP contribution in [0.1, 0.15) is 6.42 Å². The van der Waals surface area contributed by atoms with Crippen molar-refractivity contribution >= 4 is 38.3 Å². The Morgan fingerprint density at radius 3 is 2.76 bits per heavy atom. The molecule has 1 saturated heterocycles. The van der Waals surface area contributed by atoms with Gasteiger partial charge in [-0.2, -0.15) is 0 Å². The predicted octanol–water partition coefficient (Wildman–Crippen LogP) is 2.35. The van der Waals surface area contributed by atoms with Crippen LogP contribution < -0.4 is 5.32 Å². The van der Waals surface area contributed by atoms with E-state index in [1.807, 2.05) is 0 Å². The maximum atomic E-state index is 11.1. The van der Waals surface area contributed by atoms with Gasteiger partial charge in [0.05, 0.1) is 20.3 Å². The van der Waals surface area contributed by atoms with Crippen molar-refractivity contribution in [2.45, 2.75) is 6.42 Å². The van der Waals surface area contributed by atoms with Gasteiger partial charge in [0.25, 0.3) is 5.69 Å². The number of halogens is 1. The number of aromatic nitrogens is 2. The monoisotopic (exact) mass is 408 g/mol. The lowest BCUT2D eigenvalue weighted by atomic mass is 10.2. The van der Waals surface area contributed by atoms with Crippen LogP contribution in [0, 0.1) is 10.1 Å². The first-order valence-electron chi connectivity index (χ1n) is 8.28. The van der Waals surface area contributed by atoms with Gasteiger partial charge in [-0.25, -0.2) is 9.97 Å². The van der Waals surface area contributed by atoms with Gasteiger partial charge in [-0.05, 0) is 35.9 Å². The average Bonchev–Trinajstić information content (AvgIpc) is 2.60. The summed E-state index contributed by atoms with van der Waals surface area (Å²) < 4.78 is 0.597. The second-order valence-corrected chi connectivity index (χ2v) is 7.08. The fraction of sp³-hybridized carbons (Fsp3) is 0.500. The van der Waals surface area contributed by atoms with Gasteiger partial charge in [0, 0.05) is 44.9 Å². The highest BCUT2D eigenvalue weighted by molar-refractivity contribution is 9.10. The molecule has 0 saturated carbocycles. The number of fused-ring (bicyclic) bond motifs is 1. The van der Waals surface area contributed by atoms with E-state index in [2.05, 4.69) is 48.1 Å². The molecule has 1 fully saturated rings. The van der Waals surface area contributed by atoms with Gasteiger partial charge in [0.1, 0.15) is 12.1 Å². The summed E-state index contributed by atoms with van der Waals surface area (Å²) in [6.45, 7) is 6.23. The van der Waals surface area contributed by atoms with Crippen LogP contribution in [0.2, 0.25) is 0 Å². The Kier molecular flexibility index (Phi) is 5.77. The van der Waals surface area contributed by atoms with Crippen molar-refractivity contribution in [1.29, 1.82) is 0 Å². The van der Waals surface area contributed by atoms with Gasteiger partial charge in [0.15, 0.2) is 0 Å². The molecule has 1 aliphatic rings. The van der Waals surface area contributed by atoms with Crippen LogP contribution >= 0.6 is 15.9 Å². The molecule has 1 N–H and O–H groups in total. The molecule has 1 aliphatic heterocycles. The van der Waals surface area contributed by atoms with Crippen LogP contribution in [-0.4, -0.2) is 71.0 Å². The number of nitro groups is 1. The number of hydrogen-bond donors (Lipinski definition) is 1. The van der Waals surface area contributed by atoms with E-state index in [4.69, 9.17) is 0 Å². The molecule has 0 atom stereocenters. The van der Waals surface area contributed by atoms with Gasteiger partial charge >= 0.3 is 0 Å². The maximum absolute atomic E-state index is 11.1. The quantitative estimate of drug-likeness (QED) is 0.445. The van der Waals surface area contributed by atoms with Crippen molar-refractivity contribution in [3.05, 3.63) is 33.0 Å².